The second-order valence-electron chi connectivity index (χ2n) is 6.81. The normalized spacial score (nSPS) is 18.9. The van der Waals surface area contributed by atoms with Crippen LogP contribution in [0.15, 0.2) is 48.5 Å². The average molecular weight is 387 g/mol. The Balaban J connectivity index is 1.76. The maximum atomic E-state index is 14.2. The smallest absolute Gasteiger partial charge is 0.325 e. The van der Waals surface area contributed by atoms with Crippen molar-refractivity contribution in [2.75, 3.05) is 13.6 Å². The highest BCUT2D eigenvalue weighted by Crippen LogP contribution is 2.31. The van der Waals surface area contributed by atoms with E-state index in [0.29, 0.717) is 11.4 Å². The van der Waals surface area contributed by atoms with E-state index >= 15 is 0 Å². The molecule has 0 unspecified atom stereocenters. The maximum absolute atomic E-state index is 14.2. The van der Waals surface area contributed by atoms with Crippen LogP contribution in [0.3, 0.4) is 0 Å². The predicted molar refractivity (Wildman–Crippen MR) is 96.9 cm³/mol. The summed E-state index contributed by atoms with van der Waals surface area (Å²) in [5, 5.41) is 2.37. The number of likely N-dealkylation sites (N-methyl/N-ethyl adjacent to an activating group) is 1. The first-order valence-electron chi connectivity index (χ1n) is 8.60. The Labute approximate surface area is 160 Å². The zero-order chi connectivity index (χ0) is 20.5. The van der Waals surface area contributed by atoms with Crippen molar-refractivity contribution in [3.8, 4) is 0 Å². The summed E-state index contributed by atoms with van der Waals surface area (Å²) in [6.45, 7) is 1.09. The monoisotopic (exact) mass is 387 g/mol. The van der Waals surface area contributed by atoms with Crippen LogP contribution in [-0.4, -0.2) is 41.2 Å². The Morgan fingerprint density at radius 1 is 1.14 bits per heavy atom. The minimum Gasteiger partial charge on any atom is -0.340 e. The maximum Gasteiger partial charge on any atom is 0.325 e. The van der Waals surface area contributed by atoms with Gasteiger partial charge < -0.3 is 10.2 Å². The second-order valence-corrected chi connectivity index (χ2v) is 6.81. The first-order valence-corrected chi connectivity index (χ1v) is 8.60. The molecule has 6 nitrogen and oxygen atoms in total. The molecule has 2 aromatic carbocycles. The zero-order valence-corrected chi connectivity index (χ0v) is 15.4. The molecular formula is C20H19F2N3O3. The van der Waals surface area contributed by atoms with E-state index in [1.807, 2.05) is 30.3 Å². The molecular weight excluding hydrogens is 368 g/mol. The lowest BCUT2D eigenvalue weighted by molar-refractivity contribution is -0.138. The molecule has 8 heteroatoms. The van der Waals surface area contributed by atoms with Gasteiger partial charge in [-0.05, 0) is 30.7 Å². The van der Waals surface area contributed by atoms with Crippen molar-refractivity contribution in [3.05, 3.63) is 71.3 Å². The number of benzene rings is 2. The van der Waals surface area contributed by atoms with E-state index in [0.717, 1.165) is 23.8 Å². The standard InChI is InChI=1S/C20H19F2N3O3/c1-20(15-10-14(21)8-9-16(15)22)18(27)25(19(28)23-20)12-17(26)24(2)11-13-6-4-3-5-7-13/h3-10H,11-12H2,1-2H3,(H,23,28)/t20-/m0/s1. The van der Waals surface area contributed by atoms with Crippen molar-refractivity contribution in [1.29, 1.82) is 0 Å². The molecule has 3 rings (SSSR count). The molecule has 1 aliphatic heterocycles. The largest absolute Gasteiger partial charge is 0.340 e. The van der Waals surface area contributed by atoms with Crippen LogP contribution in [0.2, 0.25) is 0 Å². The van der Waals surface area contributed by atoms with Gasteiger partial charge >= 0.3 is 6.03 Å². The Morgan fingerprint density at radius 2 is 1.82 bits per heavy atom. The summed E-state index contributed by atoms with van der Waals surface area (Å²) in [6, 6.07) is 11.1. The van der Waals surface area contributed by atoms with E-state index in [1.165, 1.54) is 11.8 Å². The third-order valence-corrected chi connectivity index (χ3v) is 4.72. The Morgan fingerprint density at radius 3 is 2.50 bits per heavy atom. The van der Waals surface area contributed by atoms with Gasteiger partial charge in [-0.1, -0.05) is 30.3 Å². The number of imide groups is 1. The van der Waals surface area contributed by atoms with Crippen LogP contribution in [0.25, 0.3) is 0 Å². The van der Waals surface area contributed by atoms with Crippen LogP contribution < -0.4 is 5.32 Å². The summed E-state index contributed by atoms with van der Waals surface area (Å²) in [5.74, 6) is -2.84. The van der Waals surface area contributed by atoms with Gasteiger partial charge in [-0.15, -0.1) is 0 Å². The number of amides is 4. The summed E-state index contributed by atoms with van der Waals surface area (Å²) in [7, 11) is 1.55. The lowest BCUT2D eigenvalue weighted by Crippen LogP contribution is -2.44. The van der Waals surface area contributed by atoms with E-state index in [1.54, 1.807) is 7.05 Å². The van der Waals surface area contributed by atoms with Crippen LogP contribution in [0.5, 0.6) is 0 Å². The Kier molecular flexibility index (Phi) is 5.13. The molecule has 0 bridgehead atoms. The summed E-state index contributed by atoms with van der Waals surface area (Å²) >= 11 is 0. The highest BCUT2D eigenvalue weighted by atomic mass is 19.1. The number of halogens is 2. The van der Waals surface area contributed by atoms with Crippen molar-refractivity contribution in [2.24, 2.45) is 0 Å². The summed E-state index contributed by atoms with van der Waals surface area (Å²) in [5.41, 5.74) is -1.19. The van der Waals surface area contributed by atoms with E-state index in [4.69, 9.17) is 0 Å². The van der Waals surface area contributed by atoms with Gasteiger partial charge in [0, 0.05) is 19.2 Å². The molecule has 28 heavy (non-hydrogen) atoms. The number of nitrogens with zero attached hydrogens (tertiary/aromatic N) is 2. The molecule has 1 atom stereocenters. The van der Waals surface area contributed by atoms with Gasteiger partial charge in [0.1, 0.15) is 23.7 Å². The number of carbonyl (C=O) groups excluding carboxylic acids is 3. The minimum atomic E-state index is -1.79. The number of rotatable bonds is 5. The molecule has 146 valence electrons. The summed E-state index contributed by atoms with van der Waals surface area (Å²) in [6.07, 6.45) is 0. The van der Waals surface area contributed by atoms with Gasteiger partial charge in [0.15, 0.2) is 0 Å². The third-order valence-electron chi connectivity index (χ3n) is 4.72. The lowest BCUT2D eigenvalue weighted by atomic mass is 9.91. The lowest BCUT2D eigenvalue weighted by Gasteiger charge is -2.23. The average Bonchev–Trinajstić information content (AvgIpc) is 2.88. The molecule has 1 saturated heterocycles. The van der Waals surface area contributed by atoms with Gasteiger partial charge in [-0.25, -0.2) is 13.6 Å². The molecule has 1 heterocycles. The van der Waals surface area contributed by atoms with Crippen LogP contribution >= 0.6 is 0 Å². The molecule has 4 amide bonds. The fraction of sp³-hybridized carbons (Fsp3) is 0.250. The molecule has 0 saturated carbocycles. The van der Waals surface area contributed by atoms with Crippen molar-refractivity contribution in [2.45, 2.75) is 19.0 Å². The van der Waals surface area contributed by atoms with Gasteiger partial charge in [-0.3, -0.25) is 14.5 Å². The molecule has 2 aromatic rings. The van der Waals surface area contributed by atoms with E-state index in [-0.39, 0.29) is 5.56 Å². The molecule has 0 aromatic heterocycles. The van der Waals surface area contributed by atoms with Crippen LogP contribution in [0.1, 0.15) is 18.1 Å². The Bertz CT molecular complexity index is 936. The highest BCUT2D eigenvalue weighted by Gasteiger charge is 2.51. The predicted octanol–water partition coefficient (Wildman–Crippen LogP) is 2.39. The van der Waals surface area contributed by atoms with Crippen LogP contribution in [0.4, 0.5) is 13.6 Å². The highest BCUT2D eigenvalue weighted by molar-refractivity contribution is 6.09. The minimum absolute atomic E-state index is 0.293. The number of hydrogen-bond donors (Lipinski definition) is 1. The van der Waals surface area contributed by atoms with Gasteiger partial charge in [0.25, 0.3) is 5.91 Å². The molecule has 0 radical (unpaired) electrons. The molecule has 1 aliphatic rings. The van der Waals surface area contributed by atoms with Crippen molar-refractivity contribution in [3.63, 3.8) is 0 Å². The SMILES string of the molecule is CN(Cc1ccccc1)C(=O)CN1C(=O)N[C@@](C)(c2cc(F)ccc2F)C1=O. The molecule has 0 aliphatic carbocycles. The quantitative estimate of drug-likeness (QED) is 0.801. The summed E-state index contributed by atoms with van der Waals surface area (Å²) < 4.78 is 27.7. The summed E-state index contributed by atoms with van der Waals surface area (Å²) in [4.78, 5) is 39.7. The van der Waals surface area contributed by atoms with Gasteiger partial charge in [0.05, 0.1) is 0 Å². The van der Waals surface area contributed by atoms with Crippen molar-refractivity contribution >= 4 is 17.8 Å². The number of urea groups is 1. The van der Waals surface area contributed by atoms with Crippen molar-refractivity contribution < 1.29 is 23.2 Å². The number of carbonyl (C=O) groups is 3. The third kappa shape index (κ3) is 3.58. The zero-order valence-electron chi connectivity index (χ0n) is 15.4. The van der Waals surface area contributed by atoms with E-state index in [2.05, 4.69) is 5.32 Å². The van der Waals surface area contributed by atoms with Gasteiger partial charge in [0.2, 0.25) is 5.91 Å². The molecule has 1 fully saturated rings. The first kappa shape index (κ1) is 19.5. The van der Waals surface area contributed by atoms with Crippen LogP contribution in [0, 0.1) is 11.6 Å². The molecule has 0 spiro atoms. The Hall–Kier alpha value is -3.29. The van der Waals surface area contributed by atoms with Gasteiger partial charge in [-0.2, -0.15) is 0 Å². The first-order chi connectivity index (χ1) is 13.2. The second kappa shape index (κ2) is 7.38. The topological polar surface area (TPSA) is 69.7 Å². The van der Waals surface area contributed by atoms with E-state index in [9.17, 15) is 23.2 Å². The number of hydrogen-bond acceptors (Lipinski definition) is 3. The molecule has 1 N–H and O–H groups in total. The fourth-order valence-electron chi connectivity index (χ4n) is 3.11. The van der Waals surface area contributed by atoms with Crippen LogP contribution in [-0.2, 0) is 21.7 Å². The van der Waals surface area contributed by atoms with E-state index < -0.39 is 41.6 Å². The fourth-order valence-corrected chi connectivity index (χ4v) is 3.11. The van der Waals surface area contributed by atoms with Crippen molar-refractivity contribution in [1.82, 2.24) is 15.1 Å². The number of nitrogens with one attached hydrogen (secondary N) is 1.